The summed E-state index contributed by atoms with van der Waals surface area (Å²) in [6.07, 6.45) is 3.52. The third kappa shape index (κ3) is 3.95. The molecule has 0 amide bonds. The predicted molar refractivity (Wildman–Crippen MR) is 96.6 cm³/mol. The number of rotatable bonds is 7. The van der Waals surface area contributed by atoms with Crippen LogP contribution in [0.3, 0.4) is 0 Å². The van der Waals surface area contributed by atoms with Crippen molar-refractivity contribution in [2.75, 3.05) is 24.9 Å². The fourth-order valence-electron chi connectivity index (χ4n) is 2.84. The number of ether oxygens (including phenoxy) is 2. The highest BCUT2D eigenvalue weighted by Crippen LogP contribution is 2.44. The zero-order chi connectivity index (χ0) is 18.9. The molecule has 0 spiro atoms. The molecule has 10 heteroatoms. The Morgan fingerprint density at radius 3 is 2.96 bits per heavy atom. The first-order valence-electron chi connectivity index (χ1n) is 8.43. The van der Waals surface area contributed by atoms with Gasteiger partial charge in [0.25, 0.3) is 0 Å². The number of anilines is 1. The molecule has 1 aliphatic heterocycles. The van der Waals surface area contributed by atoms with Crippen LogP contribution < -0.4 is 5.73 Å². The Balaban J connectivity index is 1.68. The molecule has 1 unspecified atom stereocenters. The van der Waals surface area contributed by atoms with E-state index >= 15 is 0 Å². The van der Waals surface area contributed by atoms with Crippen LogP contribution >= 0.6 is 7.14 Å². The number of nitrogens with two attached hydrogens (primary N) is 1. The second kappa shape index (κ2) is 7.42. The number of halogens is 1. The van der Waals surface area contributed by atoms with Crippen LogP contribution in [0.15, 0.2) is 24.6 Å². The summed E-state index contributed by atoms with van der Waals surface area (Å²) < 4.78 is 39.6. The first-order chi connectivity index (χ1) is 12.3. The van der Waals surface area contributed by atoms with Gasteiger partial charge in [0.1, 0.15) is 25.3 Å². The summed E-state index contributed by atoms with van der Waals surface area (Å²) in [6.45, 7) is 5.81. The highest BCUT2D eigenvalue weighted by atomic mass is 31.2. The molecule has 1 aliphatic rings. The van der Waals surface area contributed by atoms with Gasteiger partial charge in [0.15, 0.2) is 29.8 Å². The lowest BCUT2D eigenvalue weighted by molar-refractivity contribution is -0.128. The number of aromatic nitrogens is 4. The van der Waals surface area contributed by atoms with Crippen molar-refractivity contribution in [3.05, 3.63) is 24.6 Å². The predicted octanol–water partition coefficient (Wildman–Crippen LogP) is 3.13. The van der Waals surface area contributed by atoms with E-state index in [9.17, 15) is 8.96 Å². The van der Waals surface area contributed by atoms with E-state index in [-0.39, 0.29) is 12.2 Å². The van der Waals surface area contributed by atoms with E-state index < -0.39 is 25.5 Å². The number of nitrogens with zero attached hydrogens (tertiary/aromatic N) is 4. The van der Waals surface area contributed by atoms with Gasteiger partial charge < -0.3 is 19.8 Å². The molecule has 3 rings (SSSR count). The van der Waals surface area contributed by atoms with Gasteiger partial charge in [-0.15, -0.1) is 0 Å². The SMILES string of the molecule is CC[C@H](C)C[P@](C)(=O)CO[C@@H]1C=C(F)C(n2cnc3c(N)ncnc32)O1. The standard InChI is InChI=1S/C16H23FN5O3P/c1-4-10(2)6-26(3,23)9-24-12-5-11(17)16(25-12)22-8-21-13-14(18)19-7-20-15(13)22/h5,7-8,10,12,16H,4,6,9H2,1-3H3,(H2,18,19,20)/t10-,12-,16?,26-/m0/s1. The van der Waals surface area contributed by atoms with Crippen molar-refractivity contribution in [1.82, 2.24) is 19.5 Å². The number of nitrogen functional groups attached to an aromatic ring is 1. The fraction of sp³-hybridized carbons (Fsp3) is 0.562. The zero-order valence-corrected chi connectivity index (χ0v) is 15.9. The molecule has 0 bridgehead atoms. The van der Waals surface area contributed by atoms with Crippen molar-refractivity contribution in [2.24, 2.45) is 5.92 Å². The van der Waals surface area contributed by atoms with E-state index in [0.29, 0.717) is 23.2 Å². The summed E-state index contributed by atoms with van der Waals surface area (Å²) in [5, 5.41) is 0. The first kappa shape index (κ1) is 18.9. The molecule has 0 aromatic carbocycles. The topological polar surface area (TPSA) is 105 Å². The Hall–Kier alpha value is -1.83. The van der Waals surface area contributed by atoms with Crippen molar-refractivity contribution >= 4 is 24.1 Å². The van der Waals surface area contributed by atoms with Crippen LogP contribution in [0.2, 0.25) is 0 Å². The van der Waals surface area contributed by atoms with Gasteiger partial charge in [0.2, 0.25) is 0 Å². The molecule has 8 nitrogen and oxygen atoms in total. The molecule has 0 saturated heterocycles. The minimum absolute atomic E-state index is 0.0400. The first-order valence-corrected chi connectivity index (χ1v) is 11.0. The second-order valence-electron chi connectivity index (χ2n) is 6.78. The average molecular weight is 383 g/mol. The van der Waals surface area contributed by atoms with Gasteiger partial charge in [-0.25, -0.2) is 19.3 Å². The van der Waals surface area contributed by atoms with Gasteiger partial charge in [-0.05, 0) is 12.6 Å². The lowest BCUT2D eigenvalue weighted by atomic mass is 10.2. The minimum atomic E-state index is -2.47. The summed E-state index contributed by atoms with van der Waals surface area (Å²) >= 11 is 0. The van der Waals surface area contributed by atoms with Gasteiger partial charge in [-0.3, -0.25) is 4.57 Å². The summed E-state index contributed by atoms with van der Waals surface area (Å²) in [4.78, 5) is 12.0. The molecule has 2 aromatic rings. The van der Waals surface area contributed by atoms with Gasteiger partial charge in [0.05, 0.1) is 6.33 Å². The molecule has 142 valence electrons. The van der Waals surface area contributed by atoms with Gasteiger partial charge in [0, 0.05) is 12.2 Å². The Kier molecular flexibility index (Phi) is 5.41. The monoisotopic (exact) mass is 383 g/mol. The molecule has 3 heterocycles. The van der Waals surface area contributed by atoms with Gasteiger partial charge >= 0.3 is 0 Å². The van der Waals surface area contributed by atoms with Gasteiger partial charge in [-0.1, -0.05) is 20.3 Å². The van der Waals surface area contributed by atoms with Gasteiger partial charge in [-0.2, -0.15) is 0 Å². The van der Waals surface area contributed by atoms with Crippen LogP contribution in [-0.4, -0.2) is 45.0 Å². The third-order valence-corrected chi connectivity index (χ3v) is 6.43. The maximum absolute atomic E-state index is 14.4. The lowest BCUT2D eigenvalue weighted by Gasteiger charge is -2.20. The number of fused-ring (bicyclic) bond motifs is 1. The molecular formula is C16H23FN5O3P. The number of hydrogen-bond donors (Lipinski definition) is 1. The highest BCUT2D eigenvalue weighted by molar-refractivity contribution is 7.62. The van der Waals surface area contributed by atoms with E-state index in [2.05, 4.69) is 28.8 Å². The summed E-state index contributed by atoms with van der Waals surface area (Å²) in [6, 6.07) is 0. The largest absolute Gasteiger partial charge is 0.382 e. The summed E-state index contributed by atoms with van der Waals surface area (Å²) in [5.74, 6) is 0.0293. The smallest absolute Gasteiger partial charge is 0.192 e. The zero-order valence-electron chi connectivity index (χ0n) is 15.0. The quantitative estimate of drug-likeness (QED) is 0.732. The number of hydrogen-bond acceptors (Lipinski definition) is 7. The molecule has 0 aliphatic carbocycles. The average Bonchev–Trinajstić information content (AvgIpc) is 3.16. The van der Waals surface area contributed by atoms with E-state index in [1.54, 1.807) is 6.66 Å². The summed E-state index contributed by atoms with van der Waals surface area (Å²) in [7, 11) is -2.47. The summed E-state index contributed by atoms with van der Waals surface area (Å²) in [5.41, 5.74) is 6.49. The van der Waals surface area contributed by atoms with E-state index in [0.717, 1.165) is 6.42 Å². The molecular weight excluding hydrogens is 360 g/mol. The second-order valence-corrected chi connectivity index (χ2v) is 10.00. The molecule has 26 heavy (non-hydrogen) atoms. The maximum atomic E-state index is 14.4. The Bertz CT molecular complexity index is 871. The van der Waals surface area contributed by atoms with Crippen molar-refractivity contribution < 1.29 is 18.4 Å². The molecule has 4 atom stereocenters. The molecule has 0 radical (unpaired) electrons. The Labute approximate surface area is 151 Å². The van der Waals surface area contributed by atoms with Crippen LogP contribution in [0.1, 0.15) is 26.5 Å². The van der Waals surface area contributed by atoms with Crippen molar-refractivity contribution in [3.8, 4) is 0 Å². The molecule has 0 fully saturated rings. The van der Waals surface area contributed by atoms with Crippen molar-refractivity contribution in [1.29, 1.82) is 0 Å². The lowest BCUT2D eigenvalue weighted by Crippen LogP contribution is -2.17. The van der Waals surface area contributed by atoms with E-state index in [1.165, 1.54) is 23.3 Å². The van der Waals surface area contributed by atoms with Crippen LogP contribution in [0.5, 0.6) is 0 Å². The number of imidazole rings is 1. The van der Waals surface area contributed by atoms with Crippen LogP contribution in [-0.2, 0) is 14.0 Å². The molecule has 2 N–H and O–H groups in total. The molecule has 2 aromatic heterocycles. The fourth-order valence-corrected chi connectivity index (χ4v) is 4.99. The molecule has 0 saturated carbocycles. The minimum Gasteiger partial charge on any atom is -0.382 e. The van der Waals surface area contributed by atoms with E-state index in [4.69, 9.17) is 15.2 Å². The maximum Gasteiger partial charge on any atom is 0.192 e. The Morgan fingerprint density at radius 1 is 1.46 bits per heavy atom. The van der Waals surface area contributed by atoms with E-state index in [1.807, 2.05) is 0 Å². The van der Waals surface area contributed by atoms with Crippen molar-refractivity contribution in [3.63, 3.8) is 0 Å². The van der Waals surface area contributed by atoms with Crippen LogP contribution in [0.4, 0.5) is 10.2 Å². The normalized spacial score (nSPS) is 23.8. The van der Waals surface area contributed by atoms with Crippen LogP contribution in [0.25, 0.3) is 11.2 Å². The highest BCUT2D eigenvalue weighted by Gasteiger charge is 2.32. The van der Waals surface area contributed by atoms with Crippen molar-refractivity contribution in [2.45, 2.75) is 32.8 Å². The Morgan fingerprint density at radius 2 is 2.23 bits per heavy atom. The van der Waals surface area contributed by atoms with Crippen LogP contribution in [0, 0.1) is 5.92 Å². The third-order valence-electron chi connectivity index (χ3n) is 4.34.